The number of morpholine rings is 1. The summed E-state index contributed by atoms with van der Waals surface area (Å²) in [6.07, 6.45) is -0.434. The van der Waals surface area contributed by atoms with Crippen LogP contribution in [0.3, 0.4) is 0 Å². The molecule has 0 radical (unpaired) electrons. The van der Waals surface area contributed by atoms with Gasteiger partial charge in [-0.15, -0.1) is 0 Å². The number of methoxy groups -OCH3 is 1. The molecular formula is C19H22N2O5S. The van der Waals surface area contributed by atoms with Crippen molar-refractivity contribution >= 4 is 21.6 Å². The molecule has 0 aromatic heterocycles. The number of sulfonamides is 1. The lowest BCUT2D eigenvalue weighted by Gasteiger charge is -2.33. The molecule has 27 heavy (non-hydrogen) atoms. The predicted octanol–water partition coefficient (Wildman–Crippen LogP) is 1.71. The van der Waals surface area contributed by atoms with Crippen LogP contribution in [-0.4, -0.2) is 47.2 Å². The van der Waals surface area contributed by atoms with E-state index in [-0.39, 0.29) is 30.5 Å². The van der Waals surface area contributed by atoms with Crippen LogP contribution in [0.25, 0.3) is 0 Å². The first kappa shape index (κ1) is 19.3. The third kappa shape index (κ3) is 4.65. The number of ether oxygens (including phenoxy) is 2. The van der Waals surface area contributed by atoms with Crippen molar-refractivity contribution in [3.63, 3.8) is 0 Å². The lowest BCUT2D eigenvalue weighted by molar-refractivity contribution is -0.129. The van der Waals surface area contributed by atoms with Crippen LogP contribution in [0, 0.1) is 6.92 Å². The minimum Gasteiger partial charge on any atom is -0.497 e. The number of nitrogens with one attached hydrogen (secondary N) is 1. The molecule has 2 aromatic rings. The zero-order chi connectivity index (χ0) is 19.4. The highest BCUT2D eigenvalue weighted by molar-refractivity contribution is 7.89. The average molecular weight is 390 g/mol. The molecule has 0 aliphatic carbocycles. The van der Waals surface area contributed by atoms with Gasteiger partial charge in [-0.25, -0.2) is 13.1 Å². The van der Waals surface area contributed by atoms with Crippen molar-refractivity contribution in [3.05, 3.63) is 54.1 Å². The van der Waals surface area contributed by atoms with Crippen molar-refractivity contribution in [2.24, 2.45) is 0 Å². The van der Waals surface area contributed by atoms with Gasteiger partial charge >= 0.3 is 0 Å². The molecule has 0 saturated carbocycles. The maximum Gasteiger partial charge on any atom is 0.253 e. The highest BCUT2D eigenvalue weighted by Gasteiger charge is 2.28. The molecule has 0 bridgehead atoms. The molecule has 1 aliphatic heterocycles. The Morgan fingerprint density at radius 1 is 1.22 bits per heavy atom. The number of benzene rings is 2. The second kappa shape index (κ2) is 8.08. The van der Waals surface area contributed by atoms with Crippen molar-refractivity contribution in [1.82, 2.24) is 4.72 Å². The van der Waals surface area contributed by atoms with E-state index in [1.807, 2.05) is 31.2 Å². The second-order valence-electron chi connectivity index (χ2n) is 6.30. The molecule has 7 nitrogen and oxygen atoms in total. The van der Waals surface area contributed by atoms with Crippen molar-refractivity contribution in [3.8, 4) is 5.75 Å². The maximum absolute atomic E-state index is 12.4. The van der Waals surface area contributed by atoms with E-state index < -0.39 is 16.1 Å². The van der Waals surface area contributed by atoms with Crippen LogP contribution in [0.5, 0.6) is 5.75 Å². The first-order valence-electron chi connectivity index (χ1n) is 8.51. The Morgan fingerprint density at radius 3 is 2.63 bits per heavy atom. The minimum atomic E-state index is -3.68. The molecule has 1 atom stereocenters. The van der Waals surface area contributed by atoms with Crippen LogP contribution < -0.4 is 14.4 Å². The number of nitrogens with zero attached hydrogens (tertiary/aromatic N) is 1. The molecule has 1 heterocycles. The SMILES string of the molecule is COc1ccc(S(=O)(=O)NCC2CN(c3cccc(C)c3)C(=O)CO2)cc1. The Hall–Kier alpha value is -2.42. The molecule has 1 saturated heterocycles. The number of carbonyl (C=O) groups is 1. The topological polar surface area (TPSA) is 84.9 Å². The van der Waals surface area contributed by atoms with Crippen LogP contribution in [0.2, 0.25) is 0 Å². The van der Waals surface area contributed by atoms with Gasteiger partial charge in [0.25, 0.3) is 5.91 Å². The third-order valence-corrected chi connectivity index (χ3v) is 5.75. The number of carbonyl (C=O) groups excluding carboxylic acids is 1. The molecule has 1 fully saturated rings. The summed E-state index contributed by atoms with van der Waals surface area (Å²) in [6.45, 7) is 2.23. The van der Waals surface area contributed by atoms with Gasteiger partial charge in [-0.1, -0.05) is 12.1 Å². The summed E-state index contributed by atoms with van der Waals surface area (Å²) in [6, 6.07) is 13.7. The van der Waals surface area contributed by atoms with E-state index in [9.17, 15) is 13.2 Å². The van der Waals surface area contributed by atoms with E-state index in [0.29, 0.717) is 5.75 Å². The number of hydrogen-bond acceptors (Lipinski definition) is 5. The quantitative estimate of drug-likeness (QED) is 0.812. The first-order chi connectivity index (χ1) is 12.9. The van der Waals surface area contributed by atoms with Crippen LogP contribution in [0.1, 0.15) is 5.56 Å². The van der Waals surface area contributed by atoms with Gasteiger partial charge in [0.1, 0.15) is 12.4 Å². The molecule has 8 heteroatoms. The Labute approximate surface area is 158 Å². The summed E-state index contributed by atoms with van der Waals surface area (Å²) in [5.74, 6) is 0.437. The molecule has 3 rings (SSSR count). The van der Waals surface area contributed by atoms with Gasteiger partial charge in [0.2, 0.25) is 10.0 Å². The Morgan fingerprint density at radius 2 is 1.96 bits per heavy atom. The number of aryl methyl sites for hydroxylation is 1. The van der Waals surface area contributed by atoms with Crippen LogP contribution in [-0.2, 0) is 19.6 Å². The fourth-order valence-corrected chi connectivity index (χ4v) is 3.90. The minimum absolute atomic E-state index is 0.0734. The largest absolute Gasteiger partial charge is 0.497 e. The Kier molecular flexibility index (Phi) is 5.79. The van der Waals surface area contributed by atoms with E-state index in [1.165, 1.54) is 19.2 Å². The smallest absolute Gasteiger partial charge is 0.253 e. The fourth-order valence-electron chi connectivity index (χ4n) is 2.83. The van der Waals surface area contributed by atoms with Crippen molar-refractivity contribution in [2.45, 2.75) is 17.9 Å². The van der Waals surface area contributed by atoms with Crippen molar-refractivity contribution in [2.75, 3.05) is 31.7 Å². The van der Waals surface area contributed by atoms with Gasteiger partial charge in [-0.3, -0.25) is 4.79 Å². The zero-order valence-electron chi connectivity index (χ0n) is 15.2. The lowest BCUT2D eigenvalue weighted by Crippen LogP contribution is -2.50. The summed E-state index contributed by atoms with van der Waals surface area (Å²) in [4.78, 5) is 14.0. The number of amides is 1. The normalized spacial score (nSPS) is 17.8. The predicted molar refractivity (Wildman–Crippen MR) is 101 cm³/mol. The Balaban J connectivity index is 1.65. The van der Waals surface area contributed by atoms with Gasteiger partial charge in [-0.05, 0) is 48.9 Å². The zero-order valence-corrected chi connectivity index (χ0v) is 16.0. The first-order valence-corrected chi connectivity index (χ1v) is 10.00. The monoisotopic (exact) mass is 390 g/mol. The van der Waals surface area contributed by atoms with Crippen LogP contribution in [0.4, 0.5) is 5.69 Å². The summed E-state index contributed by atoms with van der Waals surface area (Å²) in [7, 11) is -2.16. The highest BCUT2D eigenvalue weighted by atomic mass is 32.2. The van der Waals surface area contributed by atoms with Gasteiger partial charge in [-0.2, -0.15) is 0 Å². The third-order valence-electron chi connectivity index (χ3n) is 4.31. The molecule has 144 valence electrons. The second-order valence-corrected chi connectivity index (χ2v) is 8.07. The molecule has 1 N–H and O–H groups in total. The molecule has 1 unspecified atom stereocenters. The molecular weight excluding hydrogens is 368 g/mol. The van der Waals surface area contributed by atoms with E-state index in [1.54, 1.807) is 17.0 Å². The summed E-state index contributed by atoms with van der Waals surface area (Å²) < 4.78 is 38.0. The van der Waals surface area contributed by atoms with Gasteiger partial charge < -0.3 is 14.4 Å². The highest BCUT2D eigenvalue weighted by Crippen LogP contribution is 2.20. The summed E-state index contributed by atoms with van der Waals surface area (Å²) >= 11 is 0. The van der Waals surface area contributed by atoms with E-state index >= 15 is 0 Å². The Bertz CT molecular complexity index is 912. The summed E-state index contributed by atoms with van der Waals surface area (Å²) in [5.41, 5.74) is 1.83. The number of anilines is 1. The molecule has 1 amide bonds. The molecule has 0 spiro atoms. The average Bonchev–Trinajstić information content (AvgIpc) is 2.67. The van der Waals surface area contributed by atoms with Gasteiger partial charge in [0, 0.05) is 12.2 Å². The number of hydrogen-bond donors (Lipinski definition) is 1. The summed E-state index contributed by atoms with van der Waals surface area (Å²) in [5, 5.41) is 0. The van der Waals surface area contributed by atoms with Gasteiger partial charge in [0.05, 0.1) is 24.7 Å². The van der Waals surface area contributed by atoms with E-state index in [0.717, 1.165) is 11.3 Å². The molecule has 1 aliphatic rings. The van der Waals surface area contributed by atoms with Crippen molar-refractivity contribution < 1.29 is 22.7 Å². The molecule has 2 aromatic carbocycles. The maximum atomic E-state index is 12.4. The van der Waals surface area contributed by atoms with Crippen LogP contribution >= 0.6 is 0 Å². The standard InChI is InChI=1S/C19H22N2O5S/c1-14-4-3-5-15(10-14)21-12-17(26-13-19(21)22)11-20-27(23,24)18-8-6-16(25-2)7-9-18/h3-10,17,20H,11-13H2,1-2H3. The van der Waals surface area contributed by atoms with E-state index in [2.05, 4.69) is 4.72 Å². The lowest BCUT2D eigenvalue weighted by atomic mass is 10.2. The van der Waals surface area contributed by atoms with Crippen molar-refractivity contribution in [1.29, 1.82) is 0 Å². The van der Waals surface area contributed by atoms with Crippen LogP contribution in [0.15, 0.2) is 53.4 Å². The number of rotatable bonds is 6. The fraction of sp³-hybridized carbons (Fsp3) is 0.316. The van der Waals surface area contributed by atoms with Gasteiger partial charge in [0.15, 0.2) is 0 Å². The van der Waals surface area contributed by atoms with E-state index in [4.69, 9.17) is 9.47 Å².